The monoisotopic (exact) mass is 342 g/mol. The van der Waals surface area contributed by atoms with Gasteiger partial charge in [-0.05, 0) is 42.6 Å². The average Bonchev–Trinajstić information content (AvgIpc) is 2.88. The van der Waals surface area contributed by atoms with E-state index < -0.39 is 18.0 Å². The molecule has 1 saturated heterocycles. The summed E-state index contributed by atoms with van der Waals surface area (Å²) in [5.41, 5.74) is 2.55. The lowest BCUT2D eigenvalue weighted by molar-refractivity contribution is -0.119. The molecule has 0 spiro atoms. The van der Waals surface area contributed by atoms with Crippen molar-refractivity contribution in [2.75, 3.05) is 17.3 Å². The van der Waals surface area contributed by atoms with Gasteiger partial charge in [0.05, 0.1) is 11.4 Å². The summed E-state index contributed by atoms with van der Waals surface area (Å²) in [4.78, 5) is 29.9. The minimum atomic E-state index is -0.783. The van der Waals surface area contributed by atoms with Crippen LogP contribution in [0.3, 0.4) is 0 Å². The van der Waals surface area contributed by atoms with Crippen molar-refractivity contribution in [1.29, 1.82) is 0 Å². The zero-order valence-corrected chi connectivity index (χ0v) is 13.7. The molecule has 6 nitrogen and oxygen atoms in total. The minimum Gasteiger partial charge on any atom is -0.386 e. The first kappa shape index (κ1) is 16.0. The van der Waals surface area contributed by atoms with Crippen LogP contribution in [-0.4, -0.2) is 25.7 Å². The van der Waals surface area contributed by atoms with Crippen LogP contribution >= 0.6 is 11.6 Å². The number of nitrogens with zero attached hydrogens (tertiary/aromatic N) is 2. The number of hydrogen-bond acceptors (Lipinski definition) is 4. The molecule has 1 fully saturated rings. The highest BCUT2D eigenvalue weighted by molar-refractivity contribution is 6.30. The molecule has 0 bridgehead atoms. The van der Waals surface area contributed by atoms with Gasteiger partial charge in [0, 0.05) is 17.8 Å². The maximum absolute atomic E-state index is 12.3. The van der Waals surface area contributed by atoms with Gasteiger partial charge in [-0.3, -0.25) is 20.0 Å². The van der Waals surface area contributed by atoms with Gasteiger partial charge in [0.15, 0.2) is 0 Å². The molecule has 7 heteroatoms. The van der Waals surface area contributed by atoms with Crippen LogP contribution in [-0.2, 0) is 4.79 Å². The fraction of sp³-hybridized carbons (Fsp3) is 0.118. The Bertz CT molecular complexity index is 837. The third kappa shape index (κ3) is 2.72. The van der Waals surface area contributed by atoms with Crippen LogP contribution in [0.2, 0.25) is 5.02 Å². The van der Waals surface area contributed by atoms with Crippen molar-refractivity contribution in [2.45, 2.75) is 6.04 Å². The molecule has 3 amide bonds. The van der Waals surface area contributed by atoms with Crippen molar-refractivity contribution in [3.8, 4) is 0 Å². The summed E-state index contributed by atoms with van der Waals surface area (Å²) >= 11 is 6.02. The quantitative estimate of drug-likeness (QED) is 0.659. The van der Waals surface area contributed by atoms with Gasteiger partial charge < -0.3 is 5.32 Å². The van der Waals surface area contributed by atoms with E-state index in [-0.39, 0.29) is 0 Å². The third-order valence-corrected chi connectivity index (χ3v) is 4.05. The lowest BCUT2D eigenvalue weighted by atomic mass is 10.1. The first-order valence-electron chi connectivity index (χ1n) is 7.23. The molecular weight excluding hydrogens is 328 g/mol. The van der Waals surface area contributed by atoms with Crippen LogP contribution in [0.25, 0.3) is 0 Å². The number of rotatable bonds is 4. The van der Waals surface area contributed by atoms with Crippen molar-refractivity contribution in [3.63, 3.8) is 0 Å². The van der Waals surface area contributed by atoms with Crippen molar-refractivity contribution in [3.05, 3.63) is 53.1 Å². The zero-order chi connectivity index (χ0) is 17.3. The molecular formula is C17H15ClN4O2. The standard InChI is InChI=1S/C17H15ClN4O2/c1-19-13-7-6-12(9-14(13)20-2)22-15(16(23)21-17(22)24)10-4-3-5-11(18)8-10/h3-9,15,19H,2H2,1H3,(H,21,23,24). The van der Waals surface area contributed by atoms with E-state index in [0.29, 0.717) is 22.0 Å². The van der Waals surface area contributed by atoms with E-state index in [1.165, 1.54) is 4.90 Å². The maximum atomic E-state index is 12.3. The van der Waals surface area contributed by atoms with Gasteiger partial charge in [0.1, 0.15) is 6.04 Å². The predicted molar refractivity (Wildman–Crippen MR) is 95.4 cm³/mol. The van der Waals surface area contributed by atoms with Gasteiger partial charge in [-0.1, -0.05) is 23.7 Å². The Hall–Kier alpha value is -2.86. The topological polar surface area (TPSA) is 73.8 Å². The second-order valence-electron chi connectivity index (χ2n) is 5.23. The van der Waals surface area contributed by atoms with Crippen LogP contribution < -0.4 is 15.5 Å². The Balaban J connectivity index is 2.08. The third-order valence-electron chi connectivity index (χ3n) is 3.82. The Labute approximate surface area is 144 Å². The second-order valence-corrected chi connectivity index (χ2v) is 5.67. The van der Waals surface area contributed by atoms with Crippen LogP contribution in [0.4, 0.5) is 21.9 Å². The number of urea groups is 1. The molecule has 0 saturated carbocycles. The van der Waals surface area contributed by atoms with Crippen molar-refractivity contribution in [1.82, 2.24) is 5.32 Å². The van der Waals surface area contributed by atoms with E-state index in [1.807, 2.05) is 0 Å². The predicted octanol–water partition coefficient (Wildman–Crippen LogP) is 3.51. The molecule has 0 radical (unpaired) electrons. The summed E-state index contributed by atoms with van der Waals surface area (Å²) in [5, 5.41) is 5.84. The van der Waals surface area contributed by atoms with Crippen LogP contribution in [0, 0.1) is 0 Å². The molecule has 1 aliphatic heterocycles. The van der Waals surface area contributed by atoms with Crippen molar-refractivity contribution >= 4 is 47.3 Å². The fourth-order valence-corrected chi connectivity index (χ4v) is 2.92. The molecule has 3 rings (SSSR count). The first-order chi connectivity index (χ1) is 11.5. The van der Waals surface area contributed by atoms with E-state index in [2.05, 4.69) is 22.3 Å². The smallest absolute Gasteiger partial charge is 0.329 e. The number of halogens is 1. The van der Waals surface area contributed by atoms with Crippen molar-refractivity contribution < 1.29 is 9.59 Å². The molecule has 1 aliphatic rings. The molecule has 2 N–H and O–H groups in total. The number of aliphatic imine (C=N–C) groups is 1. The van der Waals surface area contributed by atoms with E-state index in [4.69, 9.17) is 11.6 Å². The largest absolute Gasteiger partial charge is 0.386 e. The van der Waals surface area contributed by atoms with E-state index in [1.54, 1.807) is 49.5 Å². The number of imide groups is 1. The van der Waals surface area contributed by atoms with Crippen LogP contribution in [0.1, 0.15) is 11.6 Å². The molecule has 24 heavy (non-hydrogen) atoms. The molecule has 2 aromatic rings. The highest BCUT2D eigenvalue weighted by Crippen LogP contribution is 2.36. The maximum Gasteiger partial charge on any atom is 0.329 e. The number of carbonyl (C=O) groups is 2. The summed E-state index contributed by atoms with van der Waals surface area (Å²) in [6.45, 7) is 3.54. The Morgan fingerprint density at radius 2 is 2.04 bits per heavy atom. The lowest BCUT2D eigenvalue weighted by Gasteiger charge is -2.23. The summed E-state index contributed by atoms with van der Waals surface area (Å²) < 4.78 is 0. The highest BCUT2D eigenvalue weighted by atomic mass is 35.5. The van der Waals surface area contributed by atoms with Gasteiger partial charge in [-0.2, -0.15) is 0 Å². The number of benzene rings is 2. The van der Waals surface area contributed by atoms with Gasteiger partial charge in [-0.15, -0.1) is 0 Å². The molecule has 0 aliphatic carbocycles. The van der Waals surface area contributed by atoms with Crippen LogP contribution in [0.15, 0.2) is 47.5 Å². The van der Waals surface area contributed by atoms with E-state index in [0.717, 1.165) is 5.69 Å². The number of nitrogens with one attached hydrogen (secondary N) is 2. The number of carbonyl (C=O) groups excluding carboxylic acids is 2. The Morgan fingerprint density at radius 3 is 2.71 bits per heavy atom. The SMILES string of the molecule is C=Nc1cc(N2C(=O)NC(=O)C2c2cccc(Cl)c2)ccc1NC. The first-order valence-corrected chi connectivity index (χ1v) is 7.61. The highest BCUT2D eigenvalue weighted by Gasteiger charge is 2.40. The van der Waals surface area contributed by atoms with Gasteiger partial charge >= 0.3 is 6.03 Å². The molecule has 1 unspecified atom stereocenters. The summed E-state index contributed by atoms with van der Waals surface area (Å²) in [6, 6.07) is 10.8. The lowest BCUT2D eigenvalue weighted by Crippen LogP contribution is -2.29. The zero-order valence-electron chi connectivity index (χ0n) is 12.9. The van der Waals surface area contributed by atoms with Crippen LogP contribution in [0.5, 0.6) is 0 Å². The number of hydrogen-bond donors (Lipinski definition) is 2. The number of amides is 3. The normalized spacial score (nSPS) is 16.9. The molecule has 0 aromatic heterocycles. The van der Waals surface area contributed by atoms with E-state index >= 15 is 0 Å². The Morgan fingerprint density at radius 1 is 1.25 bits per heavy atom. The summed E-state index contributed by atoms with van der Waals surface area (Å²) in [5.74, 6) is -0.395. The molecule has 1 heterocycles. The average molecular weight is 343 g/mol. The van der Waals surface area contributed by atoms with Gasteiger partial charge in [0.25, 0.3) is 5.91 Å². The fourth-order valence-electron chi connectivity index (χ4n) is 2.72. The summed E-state index contributed by atoms with van der Waals surface area (Å²) in [7, 11) is 1.77. The van der Waals surface area contributed by atoms with E-state index in [9.17, 15) is 9.59 Å². The molecule has 1 atom stereocenters. The molecule has 2 aromatic carbocycles. The molecule has 122 valence electrons. The second kappa shape index (κ2) is 6.33. The van der Waals surface area contributed by atoms with Gasteiger partial charge in [-0.25, -0.2) is 4.79 Å². The summed E-state index contributed by atoms with van der Waals surface area (Å²) in [6.07, 6.45) is 0. The van der Waals surface area contributed by atoms with Gasteiger partial charge in [0.2, 0.25) is 0 Å². The Kier molecular flexibility index (Phi) is 4.22. The number of anilines is 2. The minimum absolute atomic E-state index is 0.395. The van der Waals surface area contributed by atoms with Crippen molar-refractivity contribution in [2.24, 2.45) is 4.99 Å².